The Balaban J connectivity index is 3.68. The highest BCUT2D eigenvalue weighted by Crippen LogP contribution is 2.29. The van der Waals surface area contributed by atoms with E-state index in [0.29, 0.717) is 0 Å². The van der Waals surface area contributed by atoms with Gasteiger partial charge >= 0.3 is 0 Å². The third-order valence-corrected chi connectivity index (χ3v) is 2.06. The maximum atomic E-state index is 13.2. The summed E-state index contributed by atoms with van der Waals surface area (Å²) in [4.78, 5) is -0.845. The third-order valence-electron chi connectivity index (χ3n) is 1.67. The summed E-state index contributed by atoms with van der Waals surface area (Å²) in [6, 6.07) is 0. The number of allylic oxidation sites excluding steroid dienone is 1. The van der Waals surface area contributed by atoms with Crippen molar-refractivity contribution in [2.24, 2.45) is 0 Å². The predicted octanol–water partition coefficient (Wildman–Crippen LogP) is 3.56. The first-order valence-electron chi connectivity index (χ1n) is 3.58. The van der Waals surface area contributed by atoms with Crippen molar-refractivity contribution in [1.82, 2.24) is 0 Å². The molecule has 0 aliphatic carbocycles. The van der Waals surface area contributed by atoms with E-state index in [2.05, 4.69) is 19.2 Å². The van der Waals surface area contributed by atoms with Crippen molar-refractivity contribution in [2.75, 3.05) is 0 Å². The van der Waals surface area contributed by atoms with Gasteiger partial charge in [-0.2, -0.15) is 0 Å². The summed E-state index contributed by atoms with van der Waals surface area (Å²) in [7, 11) is 0. The number of rotatable bonds is 1. The summed E-state index contributed by atoms with van der Waals surface area (Å²) in [6.45, 7) is 4.54. The van der Waals surface area contributed by atoms with Gasteiger partial charge in [-0.1, -0.05) is 6.58 Å². The standard InChI is InChI=1S/C9H6F4S/c1-3(2)4-5(10)7(12)8(13)9(14)6(4)11/h14H,1H2,2H3. The van der Waals surface area contributed by atoms with E-state index in [0.717, 1.165) is 0 Å². The predicted molar refractivity (Wildman–Crippen MR) is 48.2 cm³/mol. The van der Waals surface area contributed by atoms with Gasteiger partial charge in [0, 0.05) is 0 Å². The Morgan fingerprint density at radius 2 is 1.50 bits per heavy atom. The largest absolute Gasteiger partial charge is 0.205 e. The smallest absolute Gasteiger partial charge is 0.196 e. The van der Waals surface area contributed by atoms with Crippen molar-refractivity contribution < 1.29 is 17.6 Å². The maximum Gasteiger partial charge on any atom is 0.196 e. The number of hydrogen-bond acceptors (Lipinski definition) is 1. The second-order valence-electron chi connectivity index (χ2n) is 2.76. The minimum absolute atomic E-state index is 0.0331. The second-order valence-corrected chi connectivity index (χ2v) is 3.21. The molecule has 0 spiro atoms. The van der Waals surface area contributed by atoms with Gasteiger partial charge in [-0.25, -0.2) is 17.6 Å². The van der Waals surface area contributed by atoms with Crippen LogP contribution in [-0.4, -0.2) is 0 Å². The summed E-state index contributed by atoms with van der Waals surface area (Å²) in [5, 5.41) is 0. The molecule has 0 fully saturated rings. The van der Waals surface area contributed by atoms with Gasteiger partial charge in [0.15, 0.2) is 17.5 Å². The average Bonchev–Trinajstić information content (AvgIpc) is 2.11. The fourth-order valence-electron chi connectivity index (χ4n) is 0.996. The van der Waals surface area contributed by atoms with Crippen LogP contribution < -0.4 is 0 Å². The van der Waals surface area contributed by atoms with Crippen molar-refractivity contribution in [3.8, 4) is 0 Å². The molecule has 0 saturated carbocycles. The van der Waals surface area contributed by atoms with E-state index in [1.54, 1.807) is 0 Å². The first-order chi connectivity index (χ1) is 6.37. The van der Waals surface area contributed by atoms with Gasteiger partial charge in [0.1, 0.15) is 5.82 Å². The van der Waals surface area contributed by atoms with E-state index in [9.17, 15) is 17.6 Å². The van der Waals surface area contributed by atoms with Crippen LogP contribution in [-0.2, 0) is 0 Å². The van der Waals surface area contributed by atoms with Crippen LogP contribution >= 0.6 is 12.6 Å². The van der Waals surface area contributed by atoms with Crippen LogP contribution in [0.15, 0.2) is 11.5 Å². The molecule has 0 saturated heterocycles. The Morgan fingerprint density at radius 3 is 1.93 bits per heavy atom. The molecule has 0 amide bonds. The zero-order valence-corrected chi connectivity index (χ0v) is 8.06. The van der Waals surface area contributed by atoms with Crippen molar-refractivity contribution in [3.63, 3.8) is 0 Å². The fraction of sp³-hybridized carbons (Fsp3) is 0.111. The summed E-state index contributed by atoms with van der Waals surface area (Å²) in [5.41, 5.74) is -0.705. The van der Waals surface area contributed by atoms with Crippen LogP contribution in [0.5, 0.6) is 0 Å². The van der Waals surface area contributed by atoms with E-state index in [1.165, 1.54) is 6.92 Å². The lowest BCUT2D eigenvalue weighted by Gasteiger charge is -2.08. The first kappa shape index (κ1) is 11.1. The van der Waals surface area contributed by atoms with E-state index in [-0.39, 0.29) is 5.57 Å². The van der Waals surface area contributed by atoms with Crippen LogP contribution in [0.3, 0.4) is 0 Å². The Bertz CT molecular complexity index is 383. The summed E-state index contributed by atoms with van der Waals surface area (Å²) in [5.74, 6) is -6.19. The van der Waals surface area contributed by atoms with E-state index < -0.39 is 33.7 Å². The monoisotopic (exact) mass is 222 g/mol. The molecule has 5 heteroatoms. The van der Waals surface area contributed by atoms with Crippen LogP contribution in [0.4, 0.5) is 17.6 Å². The highest BCUT2D eigenvalue weighted by Gasteiger charge is 2.23. The van der Waals surface area contributed by atoms with Gasteiger partial charge in [0.05, 0.1) is 10.5 Å². The molecule has 1 aromatic rings. The van der Waals surface area contributed by atoms with E-state index in [1.807, 2.05) is 0 Å². The van der Waals surface area contributed by atoms with E-state index in [4.69, 9.17) is 0 Å². The van der Waals surface area contributed by atoms with Crippen molar-refractivity contribution >= 4 is 18.2 Å². The Labute approximate surface area is 83.7 Å². The van der Waals surface area contributed by atoms with Crippen LogP contribution in [0.2, 0.25) is 0 Å². The molecule has 0 bridgehead atoms. The number of benzene rings is 1. The summed E-state index contributed by atoms with van der Waals surface area (Å²) in [6.07, 6.45) is 0. The number of halogens is 4. The SMILES string of the molecule is C=C(C)c1c(F)c(F)c(F)c(S)c1F. The molecule has 0 aromatic heterocycles. The summed E-state index contributed by atoms with van der Waals surface area (Å²) < 4.78 is 51.7. The Morgan fingerprint density at radius 1 is 1.00 bits per heavy atom. The molecule has 0 aliphatic heterocycles. The van der Waals surface area contributed by atoms with E-state index >= 15 is 0 Å². The molecule has 0 nitrogen and oxygen atoms in total. The van der Waals surface area contributed by atoms with Gasteiger partial charge in [0.25, 0.3) is 0 Å². The van der Waals surface area contributed by atoms with Crippen molar-refractivity contribution in [2.45, 2.75) is 11.8 Å². The van der Waals surface area contributed by atoms with Gasteiger partial charge in [-0.05, 0) is 12.5 Å². The van der Waals surface area contributed by atoms with Crippen LogP contribution in [0.25, 0.3) is 5.57 Å². The van der Waals surface area contributed by atoms with Gasteiger partial charge < -0.3 is 0 Å². The minimum Gasteiger partial charge on any atom is -0.205 e. The average molecular weight is 222 g/mol. The lowest BCUT2D eigenvalue weighted by atomic mass is 10.1. The minimum atomic E-state index is -1.74. The zero-order valence-electron chi connectivity index (χ0n) is 7.17. The highest BCUT2D eigenvalue weighted by atomic mass is 32.1. The van der Waals surface area contributed by atoms with Gasteiger partial charge in [-0.3, -0.25) is 0 Å². The normalized spacial score (nSPS) is 10.4. The van der Waals surface area contributed by atoms with Gasteiger partial charge in [0.2, 0.25) is 0 Å². The third kappa shape index (κ3) is 1.52. The van der Waals surface area contributed by atoms with Gasteiger partial charge in [-0.15, -0.1) is 12.6 Å². The number of hydrogen-bond donors (Lipinski definition) is 1. The molecule has 0 N–H and O–H groups in total. The molecule has 0 radical (unpaired) electrons. The molecule has 0 aliphatic rings. The zero-order chi connectivity index (χ0) is 11.0. The second kappa shape index (κ2) is 3.65. The fourth-order valence-corrected chi connectivity index (χ4v) is 1.21. The molecule has 76 valence electrons. The lowest BCUT2D eigenvalue weighted by Crippen LogP contribution is -2.02. The molecule has 0 atom stereocenters. The van der Waals surface area contributed by atoms with Crippen LogP contribution in [0.1, 0.15) is 12.5 Å². The molecule has 0 unspecified atom stereocenters. The Hall–Kier alpha value is -0.970. The molecule has 1 aromatic carbocycles. The Kier molecular flexibility index (Phi) is 2.89. The molecule has 0 heterocycles. The molecule has 1 rings (SSSR count). The quantitative estimate of drug-likeness (QED) is 0.319. The van der Waals surface area contributed by atoms with Crippen LogP contribution in [0, 0.1) is 23.3 Å². The summed E-state index contributed by atoms with van der Waals surface area (Å²) >= 11 is 3.39. The van der Waals surface area contributed by atoms with Crippen molar-refractivity contribution in [3.05, 3.63) is 35.4 Å². The highest BCUT2D eigenvalue weighted by molar-refractivity contribution is 7.80. The molecule has 14 heavy (non-hydrogen) atoms. The lowest BCUT2D eigenvalue weighted by molar-refractivity contribution is 0.413. The topological polar surface area (TPSA) is 0 Å². The molecular weight excluding hydrogens is 216 g/mol. The first-order valence-corrected chi connectivity index (χ1v) is 4.03. The van der Waals surface area contributed by atoms with Crippen molar-refractivity contribution in [1.29, 1.82) is 0 Å². The number of thiol groups is 1. The maximum absolute atomic E-state index is 13.2. The molecular formula is C9H6F4S.